The molecule has 0 spiro atoms. The Morgan fingerprint density at radius 3 is 1.47 bits per heavy atom. The van der Waals surface area contributed by atoms with Crippen LogP contribution in [-0.4, -0.2) is 0 Å². The number of hydrogen-bond donors (Lipinski definition) is 0. The van der Waals surface area contributed by atoms with Crippen LogP contribution in [0.3, 0.4) is 0 Å². The van der Waals surface area contributed by atoms with Gasteiger partial charge >= 0.3 is 0 Å². The smallest absolute Gasteiger partial charge is 0.139 e. The zero-order valence-corrected chi connectivity index (χ0v) is 22.9. The third-order valence-electron chi connectivity index (χ3n) is 8.86. The van der Waals surface area contributed by atoms with Gasteiger partial charge in [0.05, 0.1) is 0 Å². The van der Waals surface area contributed by atoms with Crippen LogP contribution in [0.25, 0.3) is 98.8 Å². The van der Waals surface area contributed by atoms with Gasteiger partial charge in [-0.3, -0.25) is 0 Å². The van der Waals surface area contributed by atoms with Crippen LogP contribution in [0.5, 0.6) is 0 Å². The standard InChI is InChI=1S/C40H22O3/c1-3-13-30-28(11-1)39(23-17-18-27-25-9-5-7-15-33(25)41-36(27)20-23)29-12-2-4-14-31(29)40(30)38-21-24-19-32-26-10-6-8-16-34(26)42-37(32)22-35(24)43-38/h1-22H. The van der Waals surface area contributed by atoms with Crippen LogP contribution in [0.4, 0.5) is 0 Å². The van der Waals surface area contributed by atoms with E-state index in [9.17, 15) is 0 Å². The second kappa shape index (κ2) is 8.37. The maximum atomic E-state index is 6.64. The van der Waals surface area contributed by atoms with E-state index in [-0.39, 0.29) is 0 Å². The van der Waals surface area contributed by atoms with Crippen LogP contribution in [-0.2, 0) is 0 Å². The van der Waals surface area contributed by atoms with Crippen LogP contribution < -0.4 is 0 Å². The summed E-state index contributed by atoms with van der Waals surface area (Å²) in [6.45, 7) is 0. The van der Waals surface area contributed by atoms with E-state index in [2.05, 4.69) is 97.1 Å². The number of para-hydroxylation sites is 2. The van der Waals surface area contributed by atoms with Crippen molar-refractivity contribution in [1.29, 1.82) is 0 Å². The first-order chi connectivity index (χ1) is 21.3. The molecule has 43 heavy (non-hydrogen) atoms. The van der Waals surface area contributed by atoms with Crippen molar-refractivity contribution >= 4 is 76.4 Å². The third-order valence-corrected chi connectivity index (χ3v) is 8.86. The van der Waals surface area contributed by atoms with Crippen LogP contribution in [0.2, 0.25) is 0 Å². The summed E-state index contributed by atoms with van der Waals surface area (Å²) in [5.41, 5.74) is 7.75. The van der Waals surface area contributed by atoms with Crippen molar-refractivity contribution in [3.05, 3.63) is 133 Å². The first kappa shape index (κ1) is 22.8. The highest BCUT2D eigenvalue weighted by atomic mass is 16.3. The number of rotatable bonds is 2. The van der Waals surface area contributed by atoms with Crippen molar-refractivity contribution < 1.29 is 13.3 Å². The van der Waals surface area contributed by atoms with Crippen molar-refractivity contribution in [2.45, 2.75) is 0 Å². The van der Waals surface area contributed by atoms with Gasteiger partial charge in [-0.05, 0) is 69.1 Å². The Hall–Kier alpha value is -5.80. The van der Waals surface area contributed by atoms with E-state index in [1.54, 1.807) is 0 Å². The molecule has 0 radical (unpaired) electrons. The van der Waals surface area contributed by atoms with Crippen molar-refractivity contribution in [3.63, 3.8) is 0 Å². The number of furan rings is 3. The maximum absolute atomic E-state index is 6.64. The molecule has 0 amide bonds. The predicted molar refractivity (Wildman–Crippen MR) is 177 cm³/mol. The minimum absolute atomic E-state index is 0.814. The molecule has 0 saturated carbocycles. The molecule has 0 aliphatic carbocycles. The van der Waals surface area contributed by atoms with E-state index < -0.39 is 0 Å². The first-order valence-corrected chi connectivity index (χ1v) is 14.5. The van der Waals surface area contributed by atoms with Gasteiger partial charge in [0, 0.05) is 38.6 Å². The predicted octanol–water partition coefficient (Wildman–Crippen LogP) is 11.9. The summed E-state index contributed by atoms with van der Waals surface area (Å²) in [6.07, 6.45) is 0. The molecule has 0 N–H and O–H groups in total. The Bertz CT molecular complexity index is 2680. The zero-order valence-electron chi connectivity index (χ0n) is 22.9. The van der Waals surface area contributed by atoms with Crippen molar-refractivity contribution in [1.82, 2.24) is 0 Å². The monoisotopic (exact) mass is 550 g/mol. The number of fused-ring (bicyclic) bond motifs is 9. The van der Waals surface area contributed by atoms with Crippen LogP contribution in [0.1, 0.15) is 0 Å². The van der Waals surface area contributed by atoms with Crippen LogP contribution >= 0.6 is 0 Å². The summed E-state index contributed by atoms with van der Waals surface area (Å²) < 4.78 is 19.1. The van der Waals surface area contributed by atoms with Gasteiger partial charge in [0.15, 0.2) is 0 Å². The summed E-state index contributed by atoms with van der Waals surface area (Å²) in [4.78, 5) is 0. The molecule has 3 heterocycles. The highest BCUT2D eigenvalue weighted by Crippen LogP contribution is 2.46. The van der Waals surface area contributed by atoms with Gasteiger partial charge in [-0.2, -0.15) is 0 Å². The lowest BCUT2D eigenvalue weighted by atomic mass is 9.87. The zero-order chi connectivity index (χ0) is 28.1. The topological polar surface area (TPSA) is 39.4 Å². The summed E-state index contributed by atoms with van der Waals surface area (Å²) in [7, 11) is 0. The molecule has 3 heteroatoms. The summed E-state index contributed by atoms with van der Waals surface area (Å²) in [6, 6.07) is 46.6. The van der Waals surface area contributed by atoms with Gasteiger partial charge in [-0.15, -0.1) is 0 Å². The SMILES string of the molecule is c1ccc2c(c1)oc1cc(-c3c4ccccc4c(-c4cc5cc6c(cc5o4)oc4ccccc46)c4ccccc34)ccc12. The Morgan fingerprint density at radius 1 is 0.302 bits per heavy atom. The highest BCUT2D eigenvalue weighted by molar-refractivity contribution is 6.22. The third kappa shape index (κ3) is 3.19. The minimum atomic E-state index is 0.814. The Kier molecular flexibility index (Phi) is 4.45. The van der Waals surface area contributed by atoms with Gasteiger partial charge in [0.1, 0.15) is 33.7 Å². The fourth-order valence-corrected chi connectivity index (χ4v) is 6.97. The fraction of sp³-hybridized carbons (Fsp3) is 0. The molecule has 0 bridgehead atoms. The van der Waals surface area contributed by atoms with Gasteiger partial charge < -0.3 is 13.3 Å². The molecule has 7 aromatic carbocycles. The molecule has 0 atom stereocenters. The minimum Gasteiger partial charge on any atom is -0.456 e. The second-order valence-electron chi connectivity index (χ2n) is 11.2. The number of benzene rings is 7. The molecule has 0 fully saturated rings. The number of hydrogen-bond acceptors (Lipinski definition) is 3. The summed E-state index contributed by atoms with van der Waals surface area (Å²) >= 11 is 0. The van der Waals surface area contributed by atoms with Crippen molar-refractivity contribution in [3.8, 4) is 22.5 Å². The van der Waals surface area contributed by atoms with E-state index >= 15 is 0 Å². The van der Waals surface area contributed by atoms with Crippen molar-refractivity contribution in [2.24, 2.45) is 0 Å². The second-order valence-corrected chi connectivity index (χ2v) is 11.2. The van der Waals surface area contributed by atoms with E-state index in [4.69, 9.17) is 13.3 Å². The van der Waals surface area contributed by atoms with Crippen LogP contribution in [0.15, 0.2) is 147 Å². The van der Waals surface area contributed by atoms with Gasteiger partial charge in [0.2, 0.25) is 0 Å². The van der Waals surface area contributed by atoms with Crippen molar-refractivity contribution in [2.75, 3.05) is 0 Å². The quantitative estimate of drug-likeness (QED) is 0.201. The molecule has 10 aromatic rings. The first-order valence-electron chi connectivity index (χ1n) is 14.5. The molecule has 0 unspecified atom stereocenters. The lowest BCUT2D eigenvalue weighted by Crippen LogP contribution is -1.89. The van der Waals surface area contributed by atoms with Gasteiger partial charge in [-0.25, -0.2) is 0 Å². The molecule has 0 aliphatic heterocycles. The summed E-state index contributed by atoms with van der Waals surface area (Å²) in [5, 5.41) is 10.2. The molecule has 10 rings (SSSR count). The van der Waals surface area contributed by atoms with E-state index in [1.165, 1.54) is 16.3 Å². The molecular weight excluding hydrogens is 528 g/mol. The van der Waals surface area contributed by atoms with Crippen LogP contribution in [0, 0.1) is 0 Å². The van der Waals surface area contributed by atoms with Gasteiger partial charge in [-0.1, -0.05) is 91.0 Å². The molecule has 3 aromatic heterocycles. The maximum Gasteiger partial charge on any atom is 0.139 e. The Balaban J connectivity index is 1.25. The lowest BCUT2D eigenvalue weighted by Gasteiger charge is -2.16. The van der Waals surface area contributed by atoms with E-state index in [1.807, 2.05) is 36.4 Å². The van der Waals surface area contributed by atoms with Gasteiger partial charge in [0.25, 0.3) is 0 Å². The molecule has 0 aliphatic rings. The average molecular weight is 551 g/mol. The molecule has 200 valence electrons. The largest absolute Gasteiger partial charge is 0.456 e. The normalized spacial score (nSPS) is 12.2. The molecule has 3 nitrogen and oxygen atoms in total. The van der Waals surface area contributed by atoms with E-state index in [0.717, 1.165) is 82.5 Å². The average Bonchev–Trinajstić information content (AvgIpc) is 3.74. The fourth-order valence-electron chi connectivity index (χ4n) is 6.97. The molecule has 0 saturated heterocycles. The Labute approximate surface area is 245 Å². The molecular formula is C40H22O3. The Morgan fingerprint density at radius 2 is 0.814 bits per heavy atom. The highest BCUT2D eigenvalue weighted by Gasteiger charge is 2.20. The lowest BCUT2D eigenvalue weighted by molar-refractivity contribution is 0.629. The van der Waals surface area contributed by atoms with E-state index in [0.29, 0.717) is 0 Å². The summed E-state index contributed by atoms with van der Waals surface area (Å²) in [5.74, 6) is 0.846.